The maximum Gasteiger partial charge on any atom is 0.243 e. The van der Waals surface area contributed by atoms with Crippen molar-refractivity contribution in [3.05, 3.63) is 65.2 Å². The summed E-state index contributed by atoms with van der Waals surface area (Å²) in [4.78, 5) is 0. The predicted octanol–water partition coefficient (Wildman–Crippen LogP) is 3.95. The van der Waals surface area contributed by atoms with Crippen LogP contribution in [0, 0.1) is 0 Å². The molecule has 4 rings (SSSR count). The number of hydrogen-bond donors (Lipinski definition) is 1. The minimum atomic E-state index is 0.0851. The number of nitrogens with zero attached hydrogens (tertiary/aromatic N) is 4. The zero-order valence-electron chi connectivity index (χ0n) is 15.3. The molecule has 0 radical (unpaired) electrons. The van der Waals surface area contributed by atoms with E-state index < -0.39 is 0 Å². The van der Waals surface area contributed by atoms with Crippen molar-refractivity contribution in [1.29, 1.82) is 0 Å². The summed E-state index contributed by atoms with van der Waals surface area (Å²) in [6.45, 7) is 4.42. The second kappa shape index (κ2) is 6.78. The van der Waals surface area contributed by atoms with Gasteiger partial charge in [0.2, 0.25) is 5.95 Å². The van der Waals surface area contributed by atoms with Crippen LogP contribution in [0.4, 0.5) is 5.95 Å². The molecule has 2 heterocycles. The van der Waals surface area contributed by atoms with Crippen LogP contribution < -0.4 is 10.1 Å². The molecule has 0 aliphatic carbocycles. The molecule has 2 aromatic carbocycles. The van der Waals surface area contributed by atoms with Crippen LogP contribution in [0.3, 0.4) is 0 Å². The predicted molar refractivity (Wildman–Crippen MR) is 100 cm³/mol. The lowest BCUT2D eigenvalue weighted by Crippen LogP contribution is -2.28. The van der Waals surface area contributed by atoms with Crippen molar-refractivity contribution in [2.75, 3.05) is 12.4 Å². The normalized spacial score (nSPS) is 19.1. The van der Waals surface area contributed by atoms with Crippen LogP contribution >= 0.6 is 0 Å². The summed E-state index contributed by atoms with van der Waals surface area (Å²) in [6.07, 6.45) is 0.880. The Morgan fingerprint density at radius 2 is 1.73 bits per heavy atom. The lowest BCUT2D eigenvalue weighted by Gasteiger charge is -2.31. The van der Waals surface area contributed by atoms with Crippen LogP contribution in [0.5, 0.6) is 5.75 Å². The van der Waals surface area contributed by atoms with Crippen molar-refractivity contribution in [3.63, 3.8) is 0 Å². The standard InChI is InChI=1S/C20H23N5O/c1-13(2)14-4-6-15(7-5-14)18-12-19(25-20(21-18)22-23-24-25)16-8-10-17(26-3)11-9-16/h4-11,13,18-19H,12H2,1-3H3,(H,21,22,24)/t18-,19-/m1/s1. The molecule has 1 N–H and O–H groups in total. The molecule has 3 aromatic rings. The molecule has 0 unspecified atom stereocenters. The number of benzene rings is 2. The molecule has 1 aliphatic heterocycles. The van der Waals surface area contributed by atoms with Crippen molar-refractivity contribution in [2.45, 2.75) is 38.3 Å². The van der Waals surface area contributed by atoms with E-state index in [0.29, 0.717) is 11.9 Å². The number of methoxy groups -OCH3 is 1. The summed E-state index contributed by atoms with van der Waals surface area (Å²) in [6, 6.07) is 17.2. The summed E-state index contributed by atoms with van der Waals surface area (Å²) in [5, 5.41) is 15.7. The fraction of sp³-hybridized carbons (Fsp3) is 0.350. The summed E-state index contributed by atoms with van der Waals surface area (Å²) in [7, 11) is 1.68. The highest BCUT2D eigenvalue weighted by Crippen LogP contribution is 2.37. The molecule has 0 bridgehead atoms. The fourth-order valence-corrected chi connectivity index (χ4v) is 3.47. The largest absolute Gasteiger partial charge is 0.497 e. The summed E-state index contributed by atoms with van der Waals surface area (Å²) < 4.78 is 7.13. The number of anilines is 1. The highest BCUT2D eigenvalue weighted by Gasteiger charge is 2.30. The van der Waals surface area contributed by atoms with Crippen LogP contribution in [-0.2, 0) is 0 Å². The van der Waals surface area contributed by atoms with Crippen LogP contribution in [0.1, 0.15) is 55.0 Å². The van der Waals surface area contributed by atoms with Gasteiger partial charge in [0.05, 0.1) is 19.2 Å². The lowest BCUT2D eigenvalue weighted by molar-refractivity contribution is 0.410. The van der Waals surface area contributed by atoms with Crippen LogP contribution in [0.15, 0.2) is 48.5 Å². The number of ether oxygens (including phenoxy) is 1. The molecule has 0 amide bonds. The van der Waals surface area contributed by atoms with Gasteiger partial charge in [-0.15, -0.1) is 0 Å². The van der Waals surface area contributed by atoms with E-state index >= 15 is 0 Å². The van der Waals surface area contributed by atoms with Gasteiger partial charge in [-0.25, -0.2) is 4.68 Å². The Kier molecular flexibility index (Phi) is 4.32. The summed E-state index contributed by atoms with van der Waals surface area (Å²) >= 11 is 0. The zero-order valence-corrected chi connectivity index (χ0v) is 15.3. The highest BCUT2D eigenvalue weighted by molar-refractivity contribution is 5.39. The van der Waals surface area contributed by atoms with E-state index in [0.717, 1.165) is 12.2 Å². The topological polar surface area (TPSA) is 64.9 Å². The second-order valence-corrected chi connectivity index (χ2v) is 6.99. The van der Waals surface area contributed by atoms with Gasteiger partial charge in [0, 0.05) is 0 Å². The van der Waals surface area contributed by atoms with Gasteiger partial charge >= 0.3 is 0 Å². The Hall–Kier alpha value is -2.89. The van der Waals surface area contributed by atoms with Gasteiger partial charge in [-0.2, -0.15) is 0 Å². The molecular formula is C20H23N5O. The third-order valence-corrected chi connectivity index (χ3v) is 5.06. The number of aromatic nitrogens is 4. The van der Waals surface area contributed by atoms with Crippen molar-refractivity contribution < 1.29 is 4.74 Å². The number of nitrogens with one attached hydrogen (secondary N) is 1. The Labute approximate surface area is 153 Å². The van der Waals surface area contributed by atoms with E-state index in [2.05, 4.69) is 71.1 Å². The van der Waals surface area contributed by atoms with Gasteiger partial charge in [0.15, 0.2) is 0 Å². The number of hydrogen-bond acceptors (Lipinski definition) is 5. The van der Waals surface area contributed by atoms with Crippen LogP contribution in [0.25, 0.3) is 0 Å². The van der Waals surface area contributed by atoms with E-state index in [1.165, 1.54) is 16.7 Å². The molecule has 2 atom stereocenters. The van der Waals surface area contributed by atoms with Crippen molar-refractivity contribution >= 4 is 5.95 Å². The second-order valence-electron chi connectivity index (χ2n) is 6.99. The molecule has 26 heavy (non-hydrogen) atoms. The molecule has 0 spiro atoms. The molecule has 1 aliphatic rings. The Morgan fingerprint density at radius 3 is 2.38 bits per heavy atom. The van der Waals surface area contributed by atoms with E-state index in [-0.39, 0.29) is 12.1 Å². The van der Waals surface area contributed by atoms with E-state index in [4.69, 9.17) is 4.74 Å². The highest BCUT2D eigenvalue weighted by atomic mass is 16.5. The van der Waals surface area contributed by atoms with E-state index in [9.17, 15) is 0 Å². The average Bonchev–Trinajstić information content (AvgIpc) is 3.16. The van der Waals surface area contributed by atoms with Crippen molar-refractivity contribution in [2.24, 2.45) is 0 Å². The Bertz CT molecular complexity index is 870. The SMILES string of the molecule is COc1ccc([C@H]2C[C@H](c3ccc(C(C)C)cc3)Nc3nnnn32)cc1. The molecule has 6 heteroatoms. The first-order chi connectivity index (χ1) is 12.7. The van der Waals surface area contributed by atoms with Gasteiger partial charge in [-0.05, 0) is 51.6 Å². The molecule has 1 aromatic heterocycles. The van der Waals surface area contributed by atoms with Gasteiger partial charge in [-0.3, -0.25) is 0 Å². The van der Waals surface area contributed by atoms with Crippen LogP contribution in [-0.4, -0.2) is 27.3 Å². The molecule has 0 saturated carbocycles. The molecular weight excluding hydrogens is 326 g/mol. The first-order valence-corrected chi connectivity index (χ1v) is 8.94. The maximum absolute atomic E-state index is 5.27. The van der Waals surface area contributed by atoms with Crippen molar-refractivity contribution in [3.8, 4) is 5.75 Å². The molecule has 6 nitrogen and oxygen atoms in total. The Balaban J connectivity index is 1.65. The molecule has 0 fully saturated rings. The lowest BCUT2D eigenvalue weighted by atomic mass is 9.92. The average molecular weight is 349 g/mol. The Morgan fingerprint density at radius 1 is 1.04 bits per heavy atom. The minimum absolute atomic E-state index is 0.0851. The number of rotatable bonds is 4. The molecule has 0 saturated heterocycles. The number of fused-ring (bicyclic) bond motifs is 1. The minimum Gasteiger partial charge on any atom is -0.497 e. The van der Waals surface area contributed by atoms with Gasteiger partial charge in [0.1, 0.15) is 5.75 Å². The fourth-order valence-electron chi connectivity index (χ4n) is 3.47. The van der Waals surface area contributed by atoms with E-state index in [1.54, 1.807) is 7.11 Å². The monoisotopic (exact) mass is 349 g/mol. The van der Waals surface area contributed by atoms with Gasteiger partial charge in [0.25, 0.3) is 0 Å². The van der Waals surface area contributed by atoms with Gasteiger partial charge < -0.3 is 10.1 Å². The first kappa shape index (κ1) is 16.6. The quantitative estimate of drug-likeness (QED) is 0.772. The third-order valence-electron chi connectivity index (χ3n) is 5.06. The van der Waals surface area contributed by atoms with Crippen molar-refractivity contribution in [1.82, 2.24) is 20.2 Å². The molecule has 134 valence electrons. The number of tetrazole rings is 1. The smallest absolute Gasteiger partial charge is 0.243 e. The summed E-state index contributed by atoms with van der Waals surface area (Å²) in [5.74, 6) is 2.08. The maximum atomic E-state index is 5.27. The first-order valence-electron chi connectivity index (χ1n) is 8.94. The van der Waals surface area contributed by atoms with E-state index in [1.807, 2.05) is 16.8 Å². The summed E-state index contributed by atoms with van der Waals surface area (Å²) in [5.41, 5.74) is 3.77. The zero-order chi connectivity index (χ0) is 18.1. The third kappa shape index (κ3) is 3.03. The van der Waals surface area contributed by atoms with Gasteiger partial charge in [-0.1, -0.05) is 55.3 Å². The van der Waals surface area contributed by atoms with Crippen LogP contribution in [0.2, 0.25) is 0 Å².